The van der Waals surface area contributed by atoms with Crippen molar-refractivity contribution in [3.05, 3.63) is 29.8 Å². The Morgan fingerprint density at radius 2 is 1.91 bits per heavy atom. The molecule has 1 aromatic rings. The molecule has 0 N–H and O–H groups in total. The second-order valence-corrected chi connectivity index (χ2v) is 6.39. The number of amides is 1. The summed E-state index contributed by atoms with van der Waals surface area (Å²) in [6.07, 6.45) is 0. The number of nitrogens with zero attached hydrogens (tertiary/aromatic N) is 3. The molecule has 0 spiro atoms. The maximum atomic E-state index is 12.5. The first-order valence-corrected chi connectivity index (χ1v) is 8.35. The number of piperazine rings is 1. The Morgan fingerprint density at radius 1 is 1.26 bits per heavy atom. The number of aryl methyl sites for hydroxylation is 1. The molecule has 0 aliphatic carbocycles. The molecule has 1 amide bonds. The van der Waals surface area contributed by atoms with E-state index >= 15 is 0 Å². The molecule has 1 atom stereocenters. The normalized spacial score (nSPS) is 17.7. The van der Waals surface area contributed by atoms with Gasteiger partial charge in [0.1, 0.15) is 12.4 Å². The first-order valence-electron chi connectivity index (χ1n) is 8.35. The van der Waals surface area contributed by atoms with Gasteiger partial charge in [-0.15, -0.1) is 0 Å². The molecular weight excluding hydrogens is 290 g/mol. The quantitative estimate of drug-likeness (QED) is 0.795. The molecule has 128 valence electrons. The van der Waals surface area contributed by atoms with Crippen molar-refractivity contribution in [2.75, 3.05) is 53.4 Å². The fourth-order valence-corrected chi connectivity index (χ4v) is 2.81. The number of rotatable bonds is 6. The smallest absolute Gasteiger partial charge is 0.239 e. The van der Waals surface area contributed by atoms with Crippen molar-refractivity contribution >= 4 is 5.91 Å². The number of carbonyl (C=O) groups is 1. The summed E-state index contributed by atoms with van der Waals surface area (Å²) < 4.78 is 5.78. The number of para-hydroxylation sites is 1. The molecule has 1 fully saturated rings. The Labute approximate surface area is 139 Å². The lowest BCUT2D eigenvalue weighted by Crippen LogP contribution is -2.53. The van der Waals surface area contributed by atoms with E-state index in [9.17, 15) is 4.79 Å². The van der Waals surface area contributed by atoms with E-state index in [2.05, 4.69) is 16.8 Å². The number of carbonyl (C=O) groups excluding carboxylic acids is 1. The minimum Gasteiger partial charge on any atom is -0.491 e. The van der Waals surface area contributed by atoms with E-state index < -0.39 is 0 Å². The maximum Gasteiger partial charge on any atom is 0.239 e. The lowest BCUT2D eigenvalue weighted by molar-refractivity contribution is -0.136. The van der Waals surface area contributed by atoms with Crippen molar-refractivity contribution in [2.45, 2.75) is 19.9 Å². The highest BCUT2D eigenvalue weighted by Crippen LogP contribution is 2.16. The highest BCUT2D eigenvalue weighted by Gasteiger charge is 2.26. The molecule has 1 aromatic carbocycles. The summed E-state index contributed by atoms with van der Waals surface area (Å²) in [4.78, 5) is 18.9. The van der Waals surface area contributed by atoms with E-state index in [0.29, 0.717) is 13.2 Å². The second kappa shape index (κ2) is 8.31. The van der Waals surface area contributed by atoms with Gasteiger partial charge in [0.15, 0.2) is 0 Å². The topological polar surface area (TPSA) is 36.0 Å². The van der Waals surface area contributed by atoms with Gasteiger partial charge in [-0.05, 0) is 32.5 Å². The zero-order valence-electron chi connectivity index (χ0n) is 14.8. The van der Waals surface area contributed by atoms with E-state index in [1.807, 2.05) is 45.2 Å². The van der Waals surface area contributed by atoms with Crippen LogP contribution in [-0.2, 0) is 4.79 Å². The Balaban J connectivity index is 1.77. The van der Waals surface area contributed by atoms with Gasteiger partial charge in [-0.2, -0.15) is 0 Å². The monoisotopic (exact) mass is 319 g/mol. The summed E-state index contributed by atoms with van der Waals surface area (Å²) >= 11 is 0. The van der Waals surface area contributed by atoms with E-state index in [1.54, 1.807) is 4.90 Å². The third kappa shape index (κ3) is 4.94. The van der Waals surface area contributed by atoms with Crippen LogP contribution in [-0.4, -0.2) is 80.1 Å². The predicted octanol–water partition coefficient (Wildman–Crippen LogP) is 1.47. The summed E-state index contributed by atoms with van der Waals surface area (Å²) in [5.74, 6) is 1.06. The molecule has 1 heterocycles. The largest absolute Gasteiger partial charge is 0.491 e. The minimum absolute atomic E-state index is 0.0628. The molecule has 5 nitrogen and oxygen atoms in total. The molecule has 1 unspecified atom stereocenters. The Kier molecular flexibility index (Phi) is 6.42. The van der Waals surface area contributed by atoms with Crippen LogP contribution in [0.25, 0.3) is 0 Å². The van der Waals surface area contributed by atoms with Gasteiger partial charge >= 0.3 is 0 Å². The van der Waals surface area contributed by atoms with Crippen molar-refractivity contribution in [3.8, 4) is 5.75 Å². The first kappa shape index (κ1) is 17.8. The van der Waals surface area contributed by atoms with Gasteiger partial charge in [-0.1, -0.05) is 18.2 Å². The molecular formula is C18H29N3O2. The molecule has 23 heavy (non-hydrogen) atoms. The average Bonchev–Trinajstić information content (AvgIpc) is 2.56. The van der Waals surface area contributed by atoms with Gasteiger partial charge in [0.25, 0.3) is 0 Å². The van der Waals surface area contributed by atoms with Gasteiger partial charge < -0.3 is 14.5 Å². The summed E-state index contributed by atoms with van der Waals surface area (Å²) in [5.41, 5.74) is 1.12. The van der Waals surface area contributed by atoms with Crippen LogP contribution < -0.4 is 4.74 Å². The van der Waals surface area contributed by atoms with Crippen LogP contribution in [0.5, 0.6) is 5.75 Å². The summed E-state index contributed by atoms with van der Waals surface area (Å²) in [6.45, 7) is 9.11. The molecule has 0 saturated carbocycles. The van der Waals surface area contributed by atoms with Crippen LogP contribution >= 0.6 is 0 Å². The van der Waals surface area contributed by atoms with Crippen molar-refractivity contribution in [2.24, 2.45) is 0 Å². The Bertz CT molecular complexity index is 513. The lowest BCUT2D eigenvalue weighted by Gasteiger charge is -2.37. The van der Waals surface area contributed by atoms with Crippen LogP contribution in [0.15, 0.2) is 24.3 Å². The van der Waals surface area contributed by atoms with E-state index in [-0.39, 0.29) is 11.9 Å². The third-order valence-electron chi connectivity index (χ3n) is 4.60. The molecule has 5 heteroatoms. The number of hydrogen-bond acceptors (Lipinski definition) is 4. The second-order valence-electron chi connectivity index (χ2n) is 6.39. The van der Waals surface area contributed by atoms with Crippen LogP contribution in [0, 0.1) is 6.92 Å². The highest BCUT2D eigenvalue weighted by molar-refractivity contribution is 5.81. The van der Waals surface area contributed by atoms with Crippen LogP contribution in [0.3, 0.4) is 0 Å². The van der Waals surface area contributed by atoms with Crippen molar-refractivity contribution in [1.82, 2.24) is 14.7 Å². The Morgan fingerprint density at radius 3 is 2.57 bits per heavy atom. The van der Waals surface area contributed by atoms with E-state index in [1.165, 1.54) is 0 Å². The van der Waals surface area contributed by atoms with Crippen LogP contribution in [0.2, 0.25) is 0 Å². The molecule has 0 bridgehead atoms. The zero-order valence-corrected chi connectivity index (χ0v) is 14.8. The molecule has 1 saturated heterocycles. The number of hydrogen-bond donors (Lipinski definition) is 0. The minimum atomic E-state index is -0.0628. The molecule has 0 radical (unpaired) electrons. The van der Waals surface area contributed by atoms with Gasteiger partial charge in [-0.3, -0.25) is 9.69 Å². The van der Waals surface area contributed by atoms with Crippen LogP contribution in [0.4, 0.5) is 0 Å². The SMILES string of the molecule is Cc1ccccc1OCCN(C)C(=O)C(C)N1CCN(C)CC1. The zero-order chi connectivity index (χ0) is 16.8. The van der Waals surface area contributed by atoms with E-state index in [4.69, 9.17) is 4.74 Å². The fourth-order valence-electron chi connectivity index (χ4n) is 2.81. The van der Waals surface area contributed by atoms with Gasteiger partial charge in [0.2, 0.25) is 5.91 Å². The first-order chi connectivity index (χ1) is 11.0. The standard InChI is InChI=1S/C18H29N3O2/c1-15-7-5-6-8-17(15)23-14-13-20(4)18(22)16(2)21-11-9-19(3)10-12-21/h5-8,16H,9-14H2,1-4H3. The summed E-state index contributed by atoms with van der Waals surface area (Å²) in [6, 6.07) is 7.89. The molecule has 0 aromatic heterocycles. The van der Waals surface area contributed by atoms with E-state index in [0.717, 1.165) is 37.5 Å². The van der Waals surface area contributed by atoms with Crippen molar-refractivity contribution in [1.29, 1.82) is 0 Å². The fraction of sp³-hybridized carbons (Fsp3) is 0.611. The molecule has 1 aliphatic rings. The van der Waals surface area contributed by atoms with Crippen LogP contribution in [0.1, 0.15) is 12.5 Å². The highest BCUT2D eigenvalue weighted by atomic mass is 16.5. The predicted molar refractivity (Wildman–Crippen MR) is 92.8 cm³/mol. The number of ether oxygens (including phenoxy) is 1. The lowest BCUT2D eigenvalue weighted by atomic mass is 10.2. The average molecular weight is 319 g/mol. The number of benzene rings is 1. The summed E-state index contributed by atoms with van der Waals surface area (Å²) in [7, 11) is 3.98. The third-order valence-corrected chi connectivity index (χ3v) is 4.60. The maximum absolute atomic E-state index is 12.5. The summed E-state index contributed by atoms with van der Waals surface area (Å²) in [5, 5.41) is 0. The van der Waals surface area contributed by atoms with Crippen molar-refractivity contribution in [3.63, 3.8) is 0 Å². The van der Waals surface area contributed by atoms with Gasteiger partial charge in [0, 0.05) is 33.2 Å². The number of likely N-dealkylation sites (N-methyl/N-ethyl adjacent to an activating group) is 2. The van der Waals surface area contributed by atoms with Gasteiger partial charge in [-0.25, -0.2) is 0 Å². The molecule has 1 aliphatic heterocycles. The van der Waals surface area contributed by atoms with Crippen molar-refractivity contribution < 1.29 is 9.53 Å². The Hall–Kier alpha value is -1.59. The molecule has 2 rings (SSSR count). The van der Waals surface area contributed by atoms with Gasteiger partial charge in [0.05, 0.1) is 12.6 Å².